The lowest BCUT2D eigenvalue weighted by atomic mass is 10.0. The Kier molecular flexibility index (Phi) is 3.79. The topological polar surface area (TPSA) is 47.0 Å². The molecule has 5 heteroatoms. The summed E-state index contributed by atoms with van der Waals surface area (Å²) in [6, 6.07) is 18.6. The number of aromatic nitrogens is 2. The van der Waals surface area contributed by atoms with Crippen LogP contribution in [0.25, 0.3) is 22.3 Å². The van der Waals surface area contributed by atoms with E-state index >= 15 is 0 Å². The molecule has 4 nitrogen and oxygen atoms in total. The lowest BCUT2D eigenvalue weighted by molar-refractivity contribution is 0.274. The van der Waals surface area contributed by atoms with Crippen molar-refractivity contribution in [2.45, 2.75) is 12.5 Å². The highest BCUT2D eigenvalue weighted by atomic mass is 32.1. The van der Waals surface area contributed by atoms with Gasteiger partial charge in [-0.2, -0.15) is 11.3 Å². The third-order valence-corrected chi connectivity index (χ3v) is 5.34. The van der Waals surface area contributed by atoms with Gasteiger partial charge in [-0.25, -0.2) is 9.97 Å². The fraction of sp³-hybridized carbons (Fsp3) is 0.143. The highest BCUT2D eigenvalue weighted by Crippen LogP contribution is 2.35. The summed E-state index contributed by atoms with van der Waals surface area (Å²) in [6.07, 6.45) is 0.906. The molecule has 0 spiro atoms. The van der Waals surface area contributed by atoms with Crippen LogP contribution >= 0.6 is 11.3 Å². The summed E-state index contributed by atoms with van der Waals surface area (Å²) in [5.41, 5.74) is 3.18. The molecule has 0 amide bonds. The molecule has 0 bridgehead atoms. The number of rotatable bonds is 3. The lowest BCUT2D eigenvalue weighted by Crippen LogP contribution is -2.21. The van der Waals surface area contributed by atoms with Gasteiger partial charge in [0.05, 0.1) is 18.2 Å². The van der Waals surface area contributed by atoms with E-state index in [1.165, 1.54) is 5.56 Å². The Morgan fingerprint density at radius 3 is 2.81 bits per heavy atom. The van der Waals surface area contributed by atoms with Gasteiger partial charge in [0.1, 0.15) is 11.6 Å². The molecule has 1 aliphatic rings. The van der Waals surface area contributed by atoms with Gasteiger partial charge in [0.15, 0.2) is 5.82 Å². The number of ether oxygens (including phenoxy) is 1. The van der Waals surface area contributed by atoms with E-state index in [1.807, 2.05) is 30.3 Å². The molecule has 0 saturated carbocycles. The quantitative estimate of drug-likeness (QED) is 0.540. The van der Waals surface area contributed by atoms with Crippen molar-refractivity contribution in [2.75, 3.05) is 11.9 Å². The predicted octanol–water partition coefficient (Wildman–Crippen LogP) is 5.29. The molecule has 0 fully saturated rings. The van der Waals surface area contributed by atoms with Crippen LogP contribution in [0.15, 0.2) is 65.4 Å². The average molecular weight is 359 g/mol. The van der Waals surface area contributed by atoms with E-state index in [9.17, 15) is 0 Å². The lowest BCUT2D eigenvalue weighted by Gasteiger charge is -2.27. The zero-order valence-corrected chi connectivity index (χ0v) is 14.9. The molecule has 0 aliphatic carbocycles. The van der Waals surface area contributed by atoms with Crippen molar-refractivity contribution in [3.63, 3.8) is 0 Å². The molecule has 5 rings (SSSR count). The molecule has 0 radical (unpaired) electrons. The molecule has 128 valence electrons. The van der Waals surface area contributed by atoms with Gasteiger partial charge in [-0.1, -0.05) is 30.3 Å². The van der Waals surface area contributed by atoms with Crippen LogP contribution in [0.3, 0.4) is 0 Å². The zero-order valence-electron chi connectivity index (χ0n) is 14.1. The summed E-state index contributed by atoms with van der Waals surface area (Å²) in [5, 5.41) is 8.82. The number of nitrogens with zero attached hydrogens (tertiary/aromatic N) is 2. The molecule has 4 aromatic rings. The Hall–Kier alpha value is -2.92. The van der Waals surface area contributed by atoms with Crippen LogP contribution in [-0.4, -0.2) is 16.6 Å². The van der Waals surface area contributed by atoms with Crippen LogP contribution in [0.4, 0.5) is 5.82 Å². The number of anilines is 1. The normalized spacial score (nSPS) is 16.1. The SMILES string of the molecule is c1ccc2c(c1)OCCC2Nc1nc(-c2ccsc2)nc2ccccc12. The second-order valence-electron chi connectivity index (χ2n) is 6.30. The fourth-order valence-corrected chi connectivity index (χ4v) is 4.00. The molecule has 3 heterocycles. The van der Waals surface area contributed by atoms with Gasteiger partial charge in [-0.3, -0.25) is 0 Å². The Balaban J connectivity index is 1.61. The van der Waals surface area contributed by atoms with E-state index < -0.39 is 0 Å². The first kappa shape index (κ1) is 15.3. The van der Waals surface area contributed by atoms with Gasteiger partial charge >= 0.3 is 0 Å². The standard InChI is InChI=1S/C21H17N3OS/c1-3-7-17-16(6-1)21(24-20(22-17)14-10-12-26-13-14)23-18-9-11-25-19-8-4-2-5-15(18)19/h1-8,10,12-13,18H,9,11H2,(H,22,23,24). The first-order valence-electron chi connectivity index (χ1n) is 8.66. The van der Waals surface area contributed by atoms with Gasteiger partial charge in [0.25, 0.3) is 0 Å². The minimum atomic E-state index is 0.175. The smallest absolute Gasteiger partial charge is 0.162 e. The van der Waals surface area contributed by atoms with Gasteiger partial charge < -0.3 is 10.1 Å². The molecule has 0 saturated heterocycles. The van der Waals surface area contributed by atoms with E-state index in [2.05, 4.69) is 40.3 Å². The average Bonchev–Trinajstić information content (AvgIpc) is 3.23. The Morgan fingerprint density at radius 1 is 1.00 bits per heavy atom. The van der Waals surface area contributed by atoms with Gasteiger partial charge in [-0.15, -0.1) is 0 Å². The van der Waals surface area contributed by atoms with E-state index in [0.717, 1.165) is 40.3 Å². The van der Waals surface area contributed by atoms with Gasteiger partial charge in [-0.05, 0) is 29.6 Å². The number of thiophene rings is 1. The van der Waals surface area contributed by atoms with Crippen LogP contribution in [0.5, 0.6) is 5.75 Å². The first-order chi connectivity index (χ1) is 12.9. The summed E-state index contributed by atoms with van der Waals surface area (Å²) in [5.74, 6) is 2.58. The summed E-state index contributed by atoms with van der Waals surface area (Å²) < 4.78 is 5.79. The molecular formula is C21H17N3OS. The summed E-state index contributed by atoms with van der Waals surface area (Å²) in [4.78, 5) is 9.60. The van der Waals surface area contributed by atoms with Crippen LogP contribution < -0.4 is 10.1 Å². The number of benzene rings is 2. The van der Waals surface area contributed by atoms with Crippen LogP contribution in [0, 0.1) is 0 Å². The van der Waals surface area contributed by atoms with Crippen molar-refractivity contribution in [1.29, 1.82) is 0 Å². The van der Waals surface area contributed by atoms with Crippen LogP contribution in [0.2, 0.25) is 0 Å². The number of fused-ring (bicyclic) bond motifs is 2. The molecule has 2 aromatic heterocycles. The molecule has 2 aromatic carbocycles. The molecule has 1 aliphatic heterocycles. The Labute approximate surface area is 155 Å². The maximum atomic E-state index is 5.79. The fourth-order valence-electron chi connectivity index (χ4n) is 3.36. The maximum absolute atomic E-state index is 5.79. The van der Waals surface area contributed by atoms with Crippen molar-refractivity contribution < 1.29 is 4.74 Å². The van der Waals surface area contributed by atoms with Crippen molar-refractivity contribution in [1.82, 2.24) is 9.97 Å². The second kappa shape index (κ2) is 6.42. The third-order valence-electron chi connectivity index (χ3n) is 4.65. The highest BCUT2D eigenvalue weighted by Gasteiger charge is 2.22. The van der Waals surface area contributed by atoms with E-state index in [4.69, 9.17) is 14.7 Å². The Bertz CT molecular complexity index is 1060. The molecule has 1 atom stereocenters. The van der Waals surface area contributed by atoms with Gasteiger partial charge in [0, 0.05) is 28.3 Å². The summed E-state index contributed by atoms with van der Waals surface area (Å²) in [6.45, 7) is 0.703. The third kappa shape index (κ3) is 2.70. The zero-order chi connectivity index (χ0) is 17.3. The monoisotopic (exact) mass is 359 g/mol. The maximum Gasteiger partial charge on any atom is 0.162 e. The number of para-hydroxylation sites is 2. The second-order valence-corrected chi connectivity index (χ2v) is 7.08. The largest absolute Gasteiger partial charge is 0.493 e. The van der Waals surface area contributed by atoms with E-state index in [-0.39, 0.29) is 6.04 Å². The summed E-state index contributed by atoms with van der Waals surface area (Å²) in [7, 11) is 0. The van der Waals surface area contributed by atoms with Crippen molar-refractivity contribution in [3.8, 4) is 17.1 Å². The minimum absolute atomic E-state index is 0.175. The molecule has 26 heavy (non-hydrogen) atoms. The number of hydrogen-bond donors (Lipinski definition) is 1. The molecule has 1 N–H and O–H groups in total. The Morgan fingerprint density at radius 2 is 1.88 bits per heavy atom. The van der Waals surface area contributed by atoms with Crippen molar-refractivity contribution in [3.05, 3.63) is 70.9 Å². The highest BCUT2D eigenvalue weighted by molar-refractivity contribution is 7.08. The number of hydrogen-bond acceptors (Lipinski definition) is 5. The van der Waals surface area contributed by atoms with Crippen molar-refractivity contribution in [2.24, 2.45) is 0 Å². The van der Waals surface area contributed by atoms with Crippen LogP contribution in [0.1, 0.15) is 18.0 Å². The number of nitrogens with one attached hydrogen (secondary N) is 1. The summed E-state index contributed by atoms with van der Waals surface area (Å²) >= 11 is 1.66. The van der Waals surface area contributed by atoms with E-state index in [0.29, 0.717) is 6.61 Å². The van der Waals surface area contributed by atoms with E-state index in [1.54, 1.807) is 11.3 Å². The van der Waals surface area contributed by atoms with Gasteiger partial charge in [0.2, 0.25) is 0 Å². The van der Waals surface area contributed by atoms with Crippen LogP contribution in [-0.2, 0) is 0 Å². The molecular weight excluding hydrogens is 342 g/mol. The minimum Gasteiger partial charge on any atom is -0.493 e. The molecule has 1 unspecified atom stereocenters. The predicted molar refractivity (Wildman–Crippen MR) is 106 cm³/mol. The van der Waals surface area contributed by atoms with Crippen molar-refractivity contribution >= 4 is 28.1 Å². The first-order valence-corrected chi connectivity index (χ1v) is 9.60.